The van der Waals surface area contributed by atoms with Gasteiger partial charge in [-0.05, 0) is 36.4 Å². The number of hydrogen-bond acceptors (Lipinski definition) is 4. The molecule has 150 valence electrons. The van der Waals surface area contributed by atoms with Crippen molar-refractivity contribution in [2.75, 3.05) is 12.3 Å². The van der Waals surface area contributed by atoms with Crippen molar-refractivity contribution in [3.05, 3.63) is 69.9 Å². The summed E-state index contributed by atoms with van der Waals surface area (Å²) < 4.78 is 15.3. The number of hydrogen-bond donors (Lipinski definition) is 1. The van der Waals surface area contributed by atoms with E-state index >= 15 is 0 Å². The van der Waals surface area contributed by atoms with Crippen molar-refractivity contribution in [3.63, 3.8) is 0 Å². The topological polar surface area (TPSA) is 59.8 Å². The molecule has 0 spiro atoms. The van der Waals surface area contributed by atoms with Gasteiger partial charge in [0.25, 0.3) is 0 Å². The number of carbonyl (C=O) groups excluding carboxylic acids is 1. The molecule has 0 atom stereocenters. The molecule has 3 aromatic rings. The van der Waals surface area contributed by atoms with Crippen LogP contribution in [0.2, 0.25) is 15.1 Å². The lowest BCUT2D eigenvalue weighted by Gasteiger charge is -2.12. The molecule has 29 heavy (non-hydrogen) atoms. The van der Waals surface area contributed by atoms with Crippen LogP contribution >= 0.6 is 46.6 Å². The Morgan fingerprint density at radius 1 is 1.17 bits per heavy atom. The summed E-state index contributed by atoms with van der Waals surface area (Å²) in [5.41, 5.74) is 1.10. The fourth-order valence-electron chi connectivity index (χ4n) is 2.43. The Hall–Kier alpha value is -2.06. The Morgan fingerprint density at radius 2 is 1.97 bits per heavy atom. The highest BCUT2D eigenvalue weighted by molar-refractivity contribution is 7.99. The van der Waals surface area contributed by atoms with Crippen molar-refractivity contribution in [2.45, 2.75) is 5.16 Å². The van der Waals surface area contributed by atoms with Crippen molar-refractivity contribution in [1.29, 1.82) is 0 Å². The van der Waals surface area contributed by atoms with E-state index in [0.29, 0.717) is 38.8 Å². The summed E-state index contributed by atoms with van der Waals surface area (Å²) in [6.45, 7) is 3.92. The summed E-state index contributed by atoms with van der Waals surface area (Å²) in [5, 5.41) is 12.3. The van der Waals surface area contributed by atoms with Gasteiger partial charge in [0.1, 0.15) is 5.82 Å². The monoisotopic (exact) mass is 470 g/mol. The first-order chi connectivity index (χ1) is 13.9. The van der Waals surface area contributed by atoms with Crippen LogP contribution in [0.25, 0.3) is 17.1 Å². The molecule has 5 nitrogen and oxygen atoms in total. The van der Waals surface area contributed by atoms with Gasteiger partial charge in [-0.1, -0.05) is 52.6 Å². The van der Waals surface area contributed by atoms with Gasteiger partial charge in [0.05, 0.1) is 21.5 Å². The number of rotatable bonds is 7. The highest BCUT2D eigenvalue weighted by Crippen LogP contribution is 2.34. The number of halogens is 4. The summed E-state index contributed by atoms with van der Waals surface area (Å²) >= 11 is 19.5. The van der Waals surface area contributed by atoms with E-state index in [4.69, 9.17) is 34.8 Å². The van der Waals surface area contributed by atoms with E-state index in [1.54, 1.807) is 34.9 Å². The quantitative estimate of drug-likeness (QED) is 0.369. The Kier molecular flexibility index (Phi) is 7.18. The van der Waals surface area contributed by atoms with E-state index < -0.39 is 5.82 Å². The molecule has 1 amide bonds. The minimum atomic E-state index is -0.549. The molecule has 0 saturated carbocycles. The molecule has 0 aliphatic carbocycles. The summed E-state index contributed by atoms with van der Waals surface area (Å²) in [5.74, 6) is -0.224. The van der Waals surface area contributed by atoms with E-state index in [0.717, 1.165) is 0 Å². The van der Waals surface area contributed by atoms with E-state index in [-0.39, 0.29) is 16.7 Å². The second-order valence-corrected chi connectivity index (χ2v) is 7.94. The average molecular weight is 472 g/mol. The van der Waals surface area contributed by atoms with Gasteiger partial charge in [-0.15, -0.1) is 16.8 Å². The predicted molar refractivity (Wildman–Crippen MR) is 116 cm³/mol. The largest absolute Gasteiger partial charge is 0.352 e. The fourth-order valence-corrected chi connectivity index (χ4v) is 3.88. The molecule has 0 unspecified atom stereocenters. The van der Waals surface area contributed by atoms with Crippen LogP contribution < -0.4 is 5.32 Å². The Balaban J connectivity index is 2.04. The first kappa shape index (κ1) is 21.6. The maximum absolute atomic E-state index is 13.7. The maximum atomic E-state index is 13.7. The van der Waals surface area contributed by atoms with Gasteiger partial charge in [0.2, 0.25) is 5.91 Å². The number of nitrogens with one attached hydrogen (secondary N) is 1. The predicted octanol–water partition coefficient (Wildman–Crippen LogP) is 5.43. The molecule has 0 aliphatic rings. The molecular weight excluding hydrogens is 458 g/mol. The van der Waals surface area contributed by atoms with Gasteiger partial charge < -0.3 is 5.32 Å². The van der Waals surface area contributed by atoms with Crippen LogP contribution in [0, 0.1) is 5.82 Å². The van der Waals surface area contributed by atoms with E-state index in [1.807, 2.05) is 0 Å². The normalized spacial score (nSPS) is 10.8. The van der Waals surface area contributed by atoms with Crippen LogP contribution in [0.15, 0.2) is 54.2 Å². The van der Waals surface area contributed by atoms with Gasteiger partial charge in [0.15, 0.2) is 11.0 Å². The zero-order valence-electron chi connectivity index (χ0n) is 14.8. The smallest absolute Gasteiger partial charge is 0.230 e. The third-order valence-electron chi connectivity index (χ3n) is 3.74. The second-order valence-electron chi connectivity index (χ2n) is 5.75. The zero-order chi connectivity index (χ0) is 21.0. The van der Waals surface area contributed by atoms with Crippen LogP contribution in [0.3, 0.4) is 0 Å². The minimum Gasteiger partial charge on any atom is -0.352 e. The van der Waals surface area contributed by atoms with Gasteiger partial charge >= 0.3 is 0 Å². The molecule has 0 bridgehead atoms. The van der Waals surface area contributed by atoms with Crippen LogP contribution in [-0.4, -0.2) is 33.0 Å². The summed E-state index contributed by atoms with van der Waals surface area (Å²) in [7, 11) is 0. The lowest BCUT2D eigenvalue weighted by Crippen LogP contribution is -2.25. The van der Waals surface area contributed by atoms with E-state index in [1.165, 1.54) is 23.9 Å². The first-order valence-corrected chi connectivity index (χ1v) is 10.4. The van der Waals surface area contributed by atoms with Gasteiger partial charge in [-0.2, -0.15) is 0 Å². The van der Waals surface area contributed by atoms with E-state index in [9.17, 15) is 9.18 Å². The van der Waals surface area contributed by atoms with Crippen molar-refractivity contribution in [2.24, 2.45) is 0 Å². The Bertz CT molecular complexity index is 1070. The molecular formula is C19H14Cl3FN4OS. The van der Waals surface area contributed by atoms with Crippen LogP contribution in [-0.2, 0) is 4.79 Å². The van der Waals surface area contributed by atoms with Crippen LogP contribution in [0.1, 0.15) is 0 Å². The third kappa shape index (κ3) is 5.11. The summed E-state index contributed by atoms with van der Waals surface area (Å²) in [4.78, 5) is 11.9. The average Bonchev–Trinajstić information content (AvgIpc) is 3.10. The molecule has 10 heteroatoms. The van der Waals surface area contributed by atoms with Crippen LogP contribution in [0.4, 0.5) is 4.39 Å². The van der Waals surface area contributed by atoms with Crippen molar-refractivity contribution < 1.29 is 9.18 Å². The number of nitrogens with zero attached hydrogens (tertiary/aromatic N) is 3. The highest BCUT2D eigenvalue weighted by Gasteiger charge is 2.20. The van der Waals surface area contributed by atoms with Gasteiger partial charge in [0, 0.05) is 17.1 Å². The third-order valence-corrected chi connectivity index (χ3v) is 5.51. The first-order valence-electron chi connectivity index (χ1n) is 8.27. The molecule has 0 aliphatic heterocycles. The Labute approximate surface area is 185 Å². The number of aromatic nitrogens is 3. The maximum Gasteiger partial charge on any atom is 0.230 e. The van der Waals surface area contributed by atoms with Crippen molar-refractivity contribution >= 4 is 52.5 Å². The fraction of sp³-hybridized carbons (Fsp3) is 0.105. The number of carbonyl (C=O) groups is 1. The molecule has 1 aromatic heterocycles. The van der Waals surface area contributed by atoms with Crippen molar-refractivity contribution in [3.8, 4) is 17.1 Å². The molecule has 2 aromatic carbocycles. The lowest BCUT2D eigenvalue weighted by atomic mass is 10.2. The summed E-state index contributed by atoms with van der Waals surface area (Å²) in [6, 6.07) is 9.21. The number of benzene rings is 2. The van der Waals surface area contributed by atoms with Gasteiger partial charge in [-0.25, -0.2) is 4.39 Å². The van der Waals surface area contributed by atoms with Crippen LogP contribution in [0.5, 0.6) is 0 Å². The molecule has 0 saturated heterocycles. The summed E-state index contributed by atoms with van der Waals surface area (Å²) in [6.07, 6.45) is 1.59. The Morgan fingerprint density at radius 3 is 2.66 bits per heavy atom. The zero-order valence-corrected chi connectivity index (χ0v) is 17.9. The SMILES string of the molecule is C=CCNC(=O)CSc1nnc(-c2ccc(Cl)cc2Cl)n1-c1ccc(F)c(Cl)c1. The van der Waals surface area contributed by atoms with E-state index in [2.05, 4.69) is 22.1 Å². The highest BCUT2D eigenvalue weighted by atomic mass is 35.5. The number of thioether (sulfide) groups is 1. The molecule has 3 rings (SSSR count). The van der Waals surface area contributed by atoms with Crippen molar-refractivity contribution in [1.82, 2.24) is 20.1 Å². The second kappa shape index (κ2) is 9.63. The molecule has 0 radical (unpaired) electrons. The molecule has 1 heterocycles. The molecule has 0 fully saturated rings. The minimum absolute atomic E-state index is 0.0518. The number of amides is 1. The lowest BCUT2D eigenvalue weighted by molar-refractivity contribution is -0.118. The standard InChI is InChI=1S/C19H14Cl3FN4OS/c1-2-7-24-17(28)10-29-19-26-25-18(13-5-3-11(20)8-14(13)21)27(19)12-4-6-16(23)15(22)9-12/h2-6,8-9H,1,7,10H2,(H,24,28). The molecule has 1 N–H and O–H groups in total. The van der Waals surface area contributed by atoms with Gasteiger partial charge in [-0.3, -0.25) is 9.36 Å².